The fraction of sp³-hybridized carbons (Fsp3) is 0.171. The number of imidazole rings is 1. The zero-order valence-corrected chi connectivity index (χ0v) is 24.6. The van der Waals surface area contributed by atoms with Gasteiger partial charge < -0.3 is 19.2 Å². The van der Waals surface area contributed by atoms with Gasteiger partial charge in [0.15, 0.2) is 5.82 Å². The first-order chi connectivity index (χ1) is 20.8. The van der Waals surface area contributed by atoms with E-state index in [1.165, 1.54) is 19.4 Å². The number of H-pyrrole nitrogens is 1. The summed E-state index contributed by atoms with van der Waals surface area (Å²) < 4.78 is 22.8. The van der Waals surface area contributed by atoms with Crippen molar-refractivity contribution in [2.45, 2.75) is 26.9 Å². The molecule has 0 aliphatic carbocycles. The zero-order valence-electron chi connectivity index (χ0n) is 24.6. The van der Waals surface area contributed by atoms with Gasteiger partial charge in [-0.1, -0.05) is 66.7 Å². The molecule has 1 N–H and O–H groups in total. The Hall–Kier alpha value is -5.24. The number of halogens is 1. The number of carbonyl (C=O) groups excluding carboxylic acids is 1. The number of benzene rings is 3. The third-order valence-electron chi connectivity index (χ3n) is 7.92. The van der Waals surface area contributed by atoms with Crippen LogP contribution in [0.15, 0.2) is 91.1 Å². The van der Waals surface area contributed by atoms with Crippen molar-refractivity contribution in [2.24, 2.45) is 7.05 Å². The number of aromatic nitrogens is 4. The molecule has 3 aromatic carbocycles. The Balaban J connectivity index is 1.48. The van der Waals surface area contributed by atoms with Gasteiger partial charge in [-0.15, -0.1) is 0 Å². The molecule has 43 heavy (non-hydrogen) atoms. The maximum Gasteiger partial charge on any atom is 0.340 e. The number of methoxy groups -OCH3 is 1. The predicted molar refractivity (Wildman–Crippen MR) is 167 cm³/mol. The SMILES string of the molecule is COC(=O)c1cnc(N(Cc2ccccc2)Cc2ccccc2)c2[nH]c(-c3ccc(-c4nc(C)c(C)n4C)cc3F)cc12. The van der Waals surface area contributed by atoms with E-state index in [0.717, 1.165) is 22.5 Å². The van der Waals surface area contributed by atoms with Gasteiger partial charge in [-0.2, -0.15) is 0 Å². The summed E-state index contributed by atoms with van der Waals surface area (Å²) in [5.74, 6) is 0.442. The number of anilines is 1. The standard InChI is InChI=1S/C35H32FN5O2/c1-22-23(2)40(3)33(38-22)26-15-16-27(30(36)17-26)31-18-28-29(35(42)43-4)19-37-34(32(28)39-31)41(20-24-11-7-5-8-12-24)21-25-13-9-6-10-14-25/h5-19,39H,20-21H2,1-4H3. The number of nitrogens with one attached hydrogen (secondary N) is 1. The van der Waals surface area contributed by atoms with Crippen LogP contribution in [0.5, 0.6) is 0 Å². The van der Waals surface area contributed by atoms with Gasteiger partial charge in [0.2, 0.25) is 0 Å². The number of hydrogen-bond acceptors (Lipinski definition) is 5. The Kier molecular flexibility index (Phi) is 7.50. The van der Waals surface area contributed by atoms with Crippen LogP contribution in [0.3, 0.4) is 0 Å². The Bertz CT molecular complexity index is 1890. The lowest BCUT2D eigenvalue weighted by atomic mass is 10.1. The molecule has 0 spiro atoms. The molecule has 0 aliphatic heterocycles. The fourth-order valence-corrected chi connectivity index (χ4v) is 5.42. The lowest BCUT2D eigenvalue weighted by molar-refractivity contribution is 0.0602. The van der Waals surface area contributed by atoms with E-state index in [0.29, 0.717) is 58.0 Å². The van der Waals surface area contributed by atoms with Crippen molar-refractivity contribution in [3.05, 3.63) is 125 Å². The van der Waals surface area contributed by atoms with Crippen LogP contribution in [0.2, 0.25) is 0 Å². The van der Waals surface area contributed by atoms with Crippen molar-refractivity contribution >= 4 is 22.7 Å². The minimum Gasteiger partial charge on any atom is -0.465 e. The summed E-state index contributed by atoms with van der Waals surface area (Å²) in [6.07, 6.45) is 1.54. The van der Waals surface area contributed by atoms with Crippen LogP contribution in [0.25, 0.3) is 33.5 Å². The number of pyridine rings is 1. The van der Waals surface area contributed by atoms with Crippen molar-refractivity contribution in [3.63, 3.8) is 0 Å². The number of aromatic amines is 1. The number of rotatable bonds is 8. The van der Waals surface area contributed by atoms with Crippen LogP contribution in [0.1, 0.15) is 32.9 Å². The van der Waals surface area contributed by atoms with Crippen molar-refractivity contribution in [2.75, 3.05) is 12.0 Å². The molecule has 3 heterocycles. The Morgan fingerprint density at radius 3 is 2.16 bits per heavy atom. The largest absolute Gasteiger partial charge is 0.465 e. The number of ether oxygens (including phenoxy) is 1. The van der Waals surface area contributed by atoms with Gasteiger partial charge in [-0.25, -0.2) is 19.2 Å². The maximum atomic E-state index is 15.8. The average Bonchev–Trinajstić information content (AvgIpc) is 3.58. The van der Waals surface area contributed by atoms with Crippen LogP contribution in [0.4, 0.5) is 10.2 Å². The Morgan fingerprint density at radius 2 is 1.60 bits per heavy atom. The lowest BCUT2D eigenvalue weighted by Gasteiger charge is -2.25. The van der Waals surface area contributed by atoms with Crippen LogP contribution in [0, 0.1) is 19.7 Å². The molecule has 0 unspecified atom stereocenters. The van der Waals surface area contributed by atoms with Gasteiger partial charge in [0.25, 0.3) is 0 Å². The quantitative estimate of drug-likeness (QED) is 0.192. The molecule has 0 saturated heterocycles. The van der Waals surface area contributed by atoms with Crippen LogP contribution in [-0.4, -0.2) is 32.6 Å². The highest BCUT2D eigenvalue weighted by molar-refractivity contribution is 6.07. The number of carbonyl (C=O) groups is 1. The van der Waals surface area contributed by atoms with Gasteiger partial charge >= 0.3 is 5.97 Å². The third kappa shape index (κ3) is 5.39. The summed E-state index contributed by atoms with van der Waals surface area (Å²) in [6.45, 7) is 5.09. The van der Waals surface area contributed by atoms with Gasteiger partial charge in [-0.05, 0) is 43.2 Å². The molecule has 7 nitrogen and oxygen atoms in total. The van der Waals surface area contributed by atoms with Crippen LogP contribution >= 0.6 is 0 Å². The van der Waals surface area contributed by atoms with E-state index in [4.69, 9.17) is 9.72 Å². The zero-order chi connectivity index (χ0) is 30.1. The maximum absolute atomic E-state index is 15.8. The van der Waals surface area contributed by atoms with E-state index < -0.39 is 11.8 Å². The van der Waals surface area contributed by atoms with Gasteiger partial charge in [0, 0.05) is 54.2 Å². The summed E-state index contributed by atoms with van der Waals surface area (Å²) in [4.78, 5) is 27.7. The minimum absolute atomic E-state index is 0.305. The summed E-state index contributed by atoms with van der Waals surface area (Å²) in [5.41, 5.74) is 6.68. The molecular formula is C35H32FN5O2. The van der Waals surface area contributed by atoms with Crippen molar-refractivity contribution in [1.82, 2.24) is 19.5 Å². The van der Waals surface area contributed by atoms with Crippen molar-refractivity contribution < 1.29 is 13.9 Å². The first-order valence-electron chi connectivity index (χ1n) is 14.1. The first-order valence-corrected chi connectivity index (χ1v) is 14.1. The van der Waals surface area contributed by atoms with E-state index in [2.05, 4.69) is 39.1 Å². The molecule has 8 heteroatoms. The highest BCUT2D eigenvalue weighted by Crippen LogP contribution is 2.35. The number of nitrogens with zero attached hydrogens (tertiary/aromatic N) is 4. The molecule has 6 rings (SSSR count). The van der Waals surface area contributed by atoms with Crippen molar-refractivity contribution in [1.29, 1.82) is 0 Å². The molecule has 0 aliphatic rings. The molecule has 216 valence electrons. The first kappa shape index (κ1) is 27.9. The van der Waals surface area contributed by atoms with Crippen LogP contribution < -0.4 is 4.90 Å². The second-order valence-electron chi connectivity index (χ2n) is 10.6. The average molecular weight is 574 g/mol. The Morgan fingerprint density at radius 1 is 0.953 bits per heavy atom. The number of fused-ring (bicyclic) bond motifs is 1. The van der Waals surface area contributed by atoms with Crippen LogP contribution in [-0.2, 0) is 24.9 Å². The number of aryl methyl sites for hydroxylation is 1. The monoisotopic (exact) mass is 573 g/mol. The summed E-state index contributed by atoms with van der Waals surface area (Å²) in [6, 6.07) is 27.2. The van der Waals surface area contributed by atoms with Crippen molar-refractivity contribution in [3.8, 4) is 22.6 Å². The van der Waals surface area contributed by atoms with E-state index in [-0.39, 0.29) is 0 Å². The molecule has 3 aromatic heterocycles. The summed E-state index contributed by atoms with van der Waals surface area (Å²) in [7, 11) is 3.26. The summed E-state index contributed by atoms with van der Waals surface area (Å²) >= 11 is 0. The Labute approximate surface area is 249 Å². The molecule has 0 atom stereocenters. The van der Waals surface area contributed by atoms with E-state index in [1.807, 2.05) is 67.9 Å². The number of hydrogen-bond donors (Lipinski definition) is 1. The lowest BCUT2D eigenvalue weighted by Crippen LogP contribution is -2.24. The van der Waals surface area contributed by atoms with Gasteiger partial charge in [-0.3, -0.25) is 0 Å². The molecule has 0 saturated carbocycles. The second kappa shape index (κ2) is 11.6. The van der Waals surface area contributed by atoms with Gasteiger partial charge in [0.1, 0.15) is 11.6 Å². The second-order valence-corrected chi connectivity index (χ2v) is 10.6. The minimum atomic E-state index is -0.511. The molecule has 6 aromatic rings. The van der Waals surface area contributed by atoms with E-state index in [1.54, 1.807) is 12.1 Å². The normalized spacial score (nSPS) is 11.2. The van der Waals surface area contributed by atoms with E-state index in [9.17, 15) is 4.79 Å². The number of esters is 1. The molecule has 0 radical (unpaired) electrons. The third-order valence-corrected chi connectivity index (χ3v) is 7.92. The van der Waals surface area contributed by atoms with Gasteiger partial charge in [0.05, 0.1) is 23.9 Å². The van der Waals surface area contributed by atoms with E-state index >= 15 is 4.39 Å². The molecule has 0 fully saturated rings. The topological polar surface area (TPSA) is 76.0 Å². The molecular weight excluding hydrogens is 541 g/mol. The highest BCUT2D eigenvalue weighted by Gasteiger charge is 2.22. The molecule has 0 amide bonds. The smallest absolute Gasteiger partial charge is 0.340 e. The fourth-order valence-electron chi connectivity index (χ4n) is 5.42. The molecule has 0 bridgehead atoms. The summed E-state index contributed by atoms with van der Waals surface area (Å²) in [5, 5.41) is 0.608. The highest BCUT2D eigenvalue weighted by atomic mass is 19.1. The predicted octanol–water partition coefficient (Wildman–Crippen LogP) is 7.38.